The highest BCUT2D eigenvalue weighted by Crippen LogP contribution is 2.21. The third-order valence-corrected chi connectivity index (χ3v) is 1.91. The molecule has 0 unspecified atom stereocenters. The second kappa shape index (κ2) is 3.59. The zero-order chi connectivity index (χ0) is 10.9. The van der Waals surface area contributed by atoms with Crippen LogP contribution in [-0.4, -0.2) is 19.6 Å². The first-order valence-corrected chi connectivity index (χ1v) is 3.95. The molecule has 1 heterocycles. The Labute approximate surface area is 80.7 Å². The van der Waals surface area contributed by atoms with Crippen molar-refractivity contribution in [3.05, 3.63) is 28.1 Å². The van der Waals surface area contributed by atoms with Crippen molar-refractivity contribution in [3.8, 4) is 0 Å². The van der Waals surface area contributed by atoms with E-state index in [-0.39, 0.29) is 12.6 Å². The Kier molecular flexibility index (Phi) is 2.66. The molecule has 0 saturated carbocycles. The Balaban J connectivity index is 3.39. The molecule has 0 radical (unpaired) electrons. The average Bonchev–Trinajstić information content (AvgIpc) is 2.42. The second-order valence-corrected chi connectivity index (χ2v) is 2.96. The summed E-state index contributed by atoms with van der Waals surface area (Å²) < 4.78 is 1.25. The summed E-state index contributed by atoms with van der Waals surface area (Å²) in [5, 5.41) is 19.6. The number of rotatable bonds is 3. The van der Waals surface area contributed by atoms with Crippen molar-refractivity contribution in [3.63, 3.8) is 0 Å². The van der Waals surface area contributed by atoms with Crippen molar-refractivity contribution in [2.24, 2.45) is 7.05 Å². The van der Waals surface area contributed by atoms with Gasteiger partial charge in [-0.3, -0.25) is 0 Å². The quantitative estimate of drug-likeness (QED) is 0.575. The monoisotopic (exact) mass is 197 g/mol. The highest BCUT2D eigenvalue weighted by atomic mass is 16.6. The first kappa shape index (κ1) is 10.4. The van der Waals surface area contributed by atoms with E-state index >= 15 is 0 Å². The summed E-state index contributed by atoms with van der Waals surface area (Å²) in [6.45, 7) is 5.03. The molecule has 0 atom stereocenters. The summed E-state index contributed by atoms with van der Waals surface area (Å²) >= 11 is 0. The molecule has 6 nitrogen and oxygen atoms in total. The number of nitrogens with zero attached hydrogens (tertiary/aromatic N) is 3. The third-order valence-electron chi connectivity index (χ3n) is 1.91. The van der Waals surface area contributed by atoms with Crippen molar-refractivity contribution in [1.82, 2.24) is 9.55 Å². The lowest BCUT2D eigenvalue weighted by atomic mass is 10.2. The van der Waals surface area contributed by atoms with Crippen molar-refractivity contribution in [2.75, 3.05) is 0 Å². The lowest BCUT2D eigenvalue weighted by Gasteiger charge is -1.96. The molecular formula is C8H11N3O3. The van der Waals surface area contributed by atoms with E-state index in [1.54, 1.807) is 6.92 Å². The van der Waals surface area contributed by atoms with Gasteiger partial charge in [-0.25, -0.2) is 4.57 Å². The van der Waals surface area contributed by atoms with Crippen LogP contribution >= 0.6 is 0 Å². The van der Waals surface area contributed by atoms with Gasteiger partial charge < -0.3 is 15.2 Å². The van der Waals surface area contributed by atoms with Gasteiger partial charge >= 0.3 is 5.95 Å². The van der Waals surface area contributed by atoms with Gasteiger partial charge in [-0.15, -0.1) is 0 Å². The van der Waals surface area contributed by atoms with E-state index in [0.717, 1.165) is 0 Å². The number of allylic oxidation sites excluding steroid dienone is 1. The third kappa shape index (κ3) is 1.51. The molecule has 76 valence electrons. The summed E-state index contributed by atoms with van der Waals surface area (Å²) in [7, 11) is 1.49. The van der Waals surface area contributed by atoms with Gasteiger partial charge in [0.1, 0.15) is 12.3 Å². The Morgan fingerprint density at radius 1 is 1.79 bits per heavy atom. The van der Waals surface area contributed by atoms with Gasteiger partial charge in [-0.05, 0) is 17.4 Å². The van der Waals surface area contributed by atoms with Crippen LogP contribution in [0, 0.1) is 10.1 Å². The summed E-state index contributed by atoms with van der Waals surface area (Å²) in [6.07, 6.45) is 0. The molecule has 1 aromatic heterocycles. The molecule has 6 heteroatoms. The maximum Gasteiger partial charge on any atom is 0.435 e. The molecule has 0 amide bonds. The van der Waals surface area contributed by atoms with Gasteiger partial charge in [0.25, 0.3) is 0 Å². The molecule has 0 bridgehead atoms. The minimum atomic E-state index is -0.592. The number of aromatic nitrogens is 2. The Morgan fingerprint density at radius 2 is 2.36 bits per heavy atom. The highest BCUT2D eigenvalue weighted by Gasteiger charge is 2.24. The standard InChI is InChI=1S/C8H11N3O3/c1-5(2)7-6(4-12)10(3)8(9-7)11(13)14/h12H,1,4H2,2-3H3. The summed E-state index contributed by atoms with van der Waals surface area (Å²) in [4.78, 5) is 13.7. The number of hydrogen-bond acceptors (Lipinski definition) is 4. The van der Waals surface area contributed by atoms with Crippen LogP contribution in [0.15, 0.2) is 6.58 Å². The lowest BCUT2D eigenvalue weighted by molar-refractivity contribution is -0.396. The predicted molar refractivity (Wildman–Crippen MR) is 50.5 cm³/mol. The summed E-state index contributed by atoms with van der Waals surface area (Å²) in [6, 6.07) is 0. The van der Waals surface area contributed by atoms with Gasteiger partial charge in [0.05, 0.1) is 7.05 Å². The van der Waals surface area contributed by atoms with E-state index in [0.29, 0.717) is 17.0 Å². The van der Waals surface area contributed by atoms with E-state index in [4.69, 9.17) is 5.11 Å². The van der Waals surface area contributed by atoms with Gasteiger partial charge in [0.15, 0.2) is 5.69 Å². The summed E-state index contributed by atoms with van der Waals surface area (Å²) in [5.41, 5.74) is 1.39. The average molecular weight is 197 g/mol. The number of aliphatic hydroxyl groups is 1. The Morgan fingerprint density at radius 3 is 2.64 bits per heavy atom. The van der Waals surface area contributed by atoms with Crippen LogP contribution in [0.25, 0.3) is 5.57 Å². The molecule has 0 aliphatic heterocycles. The minimum absolute atomic E-state index is 0.285. The van der Waals surface area contributed by atoms with Crippen molar-refractivity contribution in [1.29, 1.82) is 0 Å². The van der Waals surface area contributed by atoms with Gasteiger partial charge in [-0.1, -0.05) is 11.6 Å². The number of imidazole rings is 1. The predicted octanol–water partition coefficient (Wildman–Crippen LogP) is 0.854. The van der Waals surface area contributed by atoms with Crippen LogP contribution in [0.4, 0.5) is 5.95 Å². The van der Waals surface area contributed by atoms with Gasteiger partial charge in [0.2, 0.25) is 0 Å². The fraction of sp³-hybridized carbons (Fsp3) is 0.375. The first-order valence-electron chi connectivity index (χ1n) is 3.95. The van der Waals surface area contributed by atoms with E-state index in [9.17, 15) is 10.1 Å². The van der Waals surface area contributed by atoms with Crippen LogP contribution in [-0.2, 0) is 13.7 Å². The van der Waals surface area contributed by atoms with E-state index in [1.807, 2.05) is 0 Å². The SMILES string of the molecule is C=C(C)c1nc([N+](=O)[O-])n(C)c1CO. The molecule has 1 aromatic rings. The molecule has 0 aliphatic carbocycles. The smallest absolute Gasteiger partial charge is 0.390 e. The fourth-order valence-corrected chi connectivity index (χ4v) is 1.21. The second-order valence-electron chi connectivity index (χ2n) is 2.96. The Bertz CT molecular complexity index is 395. The molecule has 14 heavy (non-hydrogen) atoms. The number of aliphatic hydroxyl groups excluding tert-OH is 1. The molecule has 1 N–H and O–H groups in total. The Hall–Kier alpha value is -1.69. The molecule has 0 fully saturated rings. The van der Waals surface area contributed by atoms with Crippen LogP contribution in [0.2, 0.25) is 0 Å². The fourth-order valence-electron chi connectivity index (χ4n) is 1.21. The molecule has 0 saturated heterocycles. The topological polar surface area (TPSA) is 81.2 Å². The van der Waals surface area contributed by atoms with Crippen molar-refractivity contribution < 1.29 is 10.0 Å². The van der Waals surface area contributed by atoms with Crippen LogP contribution < -0.4 is 0 Å². The molecule has 0 aromatic carbocycles. The molecule has 0 aliphatic rings. The number of hydrogen-bond donors (Lipinski definition) is 1. The van der Waals surface area contributed by atoms with Crippen LogP contribution in [0.3, 0.4) is 0 Å². The lowest BCUT2D eigenvalue weighted by Crippen LogP contribution is -2.02. The minimum Gasteiger partial charge on any atom is -0.390 e. The molecular weight excluding hydrogens is 186 g/mol. The number of nitro groups is 1. The summed E-state index contributed by atoms with van der Waals surface area (Å²) in [5.74, 6) is -0.285. The van der Waals surface area contributed by atoms with Gasteiger partial charge in [0, 0.05) is 0 Å². The normalized spacial score (nSPS) is 10.2. The zero-order valence-electron chi connectivity index (χ0n) is 8.02. The van der Waals surface area contributed by atoms with Gasteiger partial charge in [-0.2, -0.15) is 0 Å². The highest BCUT2D eigenvalue weighted by molar-refractivity contribution is 5.61. The van der Waals surface area contributed by atoms with Crippen molar-refractivity contribution in [2.45, 2.75) is 13.5 Å². The largest absolute Gasteiger partial charge is 0.435 e. The van der Waals surface area contributed by atoms with E-state index in [2.05, 4.69) is 11.6 Å². The van der Waals surface area contributed by atoms with Crippen LogP contribution in [0.5, 0.6) is 0 Å². The first-order chi connectivity index (χ1) is 6.49. The van der Waals surface area contributed by atoms with E-state index < -0.39 is 4.92 Å². The molecule has 1 rings (SSSR count). The van der Waals surface area contributed by atoms with E-state index in [1.165, 1.54) is 11.6 Å². The zero-order valence-corrected chi connectivity index (χ0v) is 8.02. The molecule has 0 spiro atoms. The van der Waals surface area contributed by atoms with Crippen molar-refractivity contribution >= 4 is 11.5 Å². The maximum absolute atomic E-state index is 10.5. The maximum atomic E-state index is 10.5. The van der Waals surface area contributed by atoms with Crippen LogP contribution in [0.1, 0.15) is 18.3 Å².